The smallest absolute Gasteiger partial charge is 0.138 e. The highest BCUT2D eigenvalue weighted by atomic mass is 35.5. The van der Waals surface area contributed by atoms with Gasteiger partial charge in [-0.1, -0.05) is 48.0 Å². The van der Waals surface area contributed by atoms with Crippen LogP contribution in [0.25, 0.3) is 21.3 Å². The number of anilines is 1. The Labute approximate surface area is 208 Å². The van der Waals surface area contributed by atoms with Crippen molar-refractivity contribution < 1.29 is 4.39 Å². The molecular formula is C26H27ClFN5S. The Morgan fingerprint density at radius 3 is 2.56 bits per heavy atom. The van der Waals surface area contributed by atoms with Crippen LogP contribution in [0.4, 0.5) is 10.2 Å². The number of hydrogen-bond donors (Lipinski definition) is 1. The molecule has 1 aliphatic rings. The zero-order valence-corrected chi connectivity index (χ0v) is 20.5. The lowest BCUT2D eigenvalue weighted by molar-refractivity contribution is 0.126. The lowest BCUT2D eigenvalue weighted by atomic mass is 10.1. The van der Waals surface area contributed by atoms with E-state index in [1.54, 1.807) is 29.8 Å². The maximum Gasteiger partial charge on any atom is 0.138 e. The van der Waals surface area contributed by atoms with Crippen molar-refractivity contribution in [3.63, 3.8) is 0 Å². The van der Waals surface area contributed by atoms with Gasteiger partial charge >= 0.3 is 0 Å². The Morgan fingerprint density at radius 1 is 0.971 bits per heavy atom. The Bertz CT molecular complexity index is 1220. The summed E-state index contributed by atoms with van der Waals surface area (Å²) in [5.74, 6) is 0.678. The molecule has 4 aromatic rings. The third kappa shape index (κ3) is 5.23. The average molecular weight is 496 g/mol. The molecule has 1 aliphatic heterocycles. The van der Waals surface area contributed by atoms with Crippen LogP contribution < -0.4 is 5.32 Å². The minimum Gasteiger partial charge on any atom is -0.369 e. The van der Waals surface area contributed by atoms with E-state index in [2.05, 4.69) is 54.7 Å². The number of benzene rings is 2. The van der Waals surface area contributed by atoms with Crippen molar-refractivity contribution in [2.75, 3.05) is 44.6 Å². The highest BCUT2D eigenvalue weighted by molar-refractivity contribution is 7.17. The number of piperazine rings is 1. The molecule has 0 radical (unpaired) electrons. The Kier molecular flexibility index (Phi) is 7.35. The fourth-order valence-electron chi connectivity index (χ4n) is 4.43. The van der Waals surface area contributed by atoms with Crippen molar-refractivity contribution in [1.82, 2.24) is 19.8 Å². The zero-order chi connectivity index (χ0) is 23.3. The molecule has 1 fully saturated rings. The standard InChI is InChI=1S/C26H27ClFN5S/c27-22-8-4-9-23(28)20(22)16-33-14-12-32(13-15-33)11-5-10-29-25-24-21(19-6-2-1-3-7-19)17-34-26(24)31-18-30-25/h1-4,6-9,17-18H,5,10-16H2,(H,29,30,31). The van der Waals surface area contributed by atoms with Gasteiger partial charge in [0.05, 0.1) is 5.39 Å². The van der Waals surface area contributed by atoms with Crippen LogP contribution >= 0.6 is 22.9 Å². The normalized spacial score (nSPS) is 15.1. The van der Waals surface area contributed by atoms with Crippen LogP contribution in [-0.2, 0) is 6.54 Å². The maximum absolute atomic E-state index is 14.1. The van der Waals surface area contributed by atoms with E-state index in [1.165, 1.54) is 17.2 Å². The molecule has 34 heavy (non-hydrogen) atoms. The van der Waals surface area contributed by atoms with Crippen LogP contribution in [0.2, 0.25) is 5.02 Å². The number of halogens is 2. The van der Waals surface area contributed by atoms with Crippen molar-refractivity contribution in [1.29, 1.82) is 0 Å². The molecule has 0 amide bonds. The van der Waals surface area contributed by atoms with Crippen LogP contribution in [0, 0.1) is 5.82 Å². The number of thiophene rings is 1. The predicted octanol–water partition coefficient (Wildman–Crippen LogP) is 5.77. The molecule has 0 bridgehead atoms. The van der Waals surface area contributed by atoms with Gasteiger partial charge in [0.25, 0.3) is 0 Å². The first-order valence-corrected chi connectivity index (χ1v) is 12.8. The Hall–Kier alpha value is -2.58. The van der Waals surface area contributed by atoms with Gasteiger partial charge in [-0.3, -0.25) is 4.90 Å². The van der Waals surface area contributed by atoms with Crippen LogP contribution in [-0.4, -0.2) is 59.0 Å². The maximum atomic E-state index is 14.1. The second kappa shape index (κ2) is 10.8. The Balaban J connectivity index is 1.12. The summed E-state index contributed by atoms with van der Waals surface area (Å²) in [5.41, 5.74) is 2.96. The molecule has 5 rings (SSSR count). The van der Waals surface area contributed by atoms with Crippen molar-refractivity contribution in [2.45, 2.75) is 13.0 Å². The molecule has 0 aliphatic carbocycles. The van der Waals surface area contributed by atoms with Gasteiger partial charge in [-0.25, -0.2) is 14.4 Å². The summed E-state index contributed by atoms with van der Waals surface area (Å²) in [6, 6.07) is 15.3. The summed E-state index contributed by atoms with van der Waals surface area (Å²) >= 11 is 7.85. The molecule has 0 unspecified atom stereocenters. The lowest BCUT2D eigenvalue weighted by Gasteiger charge is -2.34. The van der Waals surface area contributed by atoms with E-state index >= 15 is 0 Å². The summed E-state index contributed by atoms with van der Waals surface area (Å²) in [4.78, 5) is 14.7. The third-order valence-electron chi connectivity index (χ3n) is 6.31. The van der Waals surface area contributed by atoms with E-state index in [0.29, 0.717) is 17.1 Å². The minimum atomic E-state index is -0.221. The molecule has 2 aromatic heterocycles. The number of aromatic nitrogens is 2. The molecule has 2 aromatic carbocycles. The second-order valence-electron chi connectivity index (χ2n) is 8.52. The number of rotatable bonds is 8. The van der Waals surface area contributed by atoms with Crippen molar-refractivity contribution >= 4 is 39.0 Å². The third-order valence-corrected chi connectivity index (χ3v) is 7.55. The first-order chi connectivity index (χ1) is 16.7. The molecule has 176 valence electrons. The first kappa shape index (κ1) is 23.2. The molecule has 0 saturated carbocycles. The number of nitrogens with zero attached hydrogens (tertiary/aromatic N) is 4. The van der Waals surface area contributed by atoms with E-state index in [0.717, 1.165) is 61.7 Å². The quantitative estimate of drug-likeness (QED) is 0.314. The van der Waals surface area contributed by atoms with Gasteiger partial charge in [0, 0.05) is 60.8 Å². The van der Waals surface area contributed by atoms with Crippen LogP contribution in [0.15, 0.2) is 60.2 Å². The number of hydrogen-bond acceptors (Lipinski definition) is 6. The van der Waals surface area contributed by atoms with E-state index in [1.807, 2.05) is 6.07 Å². The summed E-state index contributed by atoms with van der Waals surface area (Å²) in [7, 11) is 0. The van der Waals surface area contributed by atoms with Gasteiger partial charge in [-0.15, -0.1) is 11.3 Å². The highest BCUT2D eigenvalue weighted by Crippen LogP contribution is 2.36. The number of nitrogens with one attached hydrogen (secondary N) is 1. The second-order valence-corrected chi connectivity index (χ2v) is 9.78. The zero-order valence-electron chi connectivity index (χ0n) is 18.9. The van der Waals surface area contributed by atoms with E-state index < -0.39 is 0 Å². The van der Waals surface area contributed by atoms with E-state index in [9.17, 15) is 4.39 Å². The van der Waals surface area contributed by atoms with E-state index in [4.69, 9.17) is 11.6 Å². The minimum absolute atomic E-state index is 0.221. The molecule has 5 nitrogen and oxygen atoms in total. The average Bonchev–Trinajstić information content (AvgIpc) is 3.31. The van der Waals surface area contributed by atoms with Crippen molar-refractivity contribution in [2.24, 2.45) is 0 Å². The predicted molar refractivity (Wildman–Crippen MR) is 139 cm³/mol. The lowest BCUT2D eigenvalue weighted by Crippen LogP contribution is -2.46. The van der Waals surface area contributed by atoms with Gasteiger partial charge in [-0.2, -0.15) is 0 Å². The summed E-state index contributed by atoms with van der Waals surface area (Å²) in [5, 5.41) is 7.30. The van der Waals surface area contributed by atoms with Crippen LogP contribution in [0.3, 0.4) is 0 Å². The van der Waals surface area contributed by atoms with Gasteiger partial charge in [0.15, 0.2) is 0 Å². The Morgan fingerprint density at radius 2 is 1.76 bits per heavy atom. The fraction of sp³-hybridized carbons (Fsp3) is 0.308. The van der Waals surface area contributed by atoms with Crippen molar-refractivity contribution in [3.05, 3.63) is 76.6 Å². The van der Waals surface area contributed by atoms with Crippen LogP contribution in [0.5, 0.6) is 0 Å². The molecule has 1 saturated heterocycles. The summed E-state index contributed by atoms with van der Waals surface area (Å²) < 4.78 is 14.1. The van der Waals surface area contributed by atoms with Gasteiger partial charge in [0.1, 0.15) is 22.8 Å². The SMILES string of the molecule is Fc1cccc(Cl)c1CN1CCN(CCCNc2ncnc3scc(-c4ccccc4)c23)CC1. The van der Waals surface area contributed by atoms with Crippen LogP contribution in [0.1, 0.15) is 12.0 Å². The molecule has 3 heterocycles. The summed E-state index contributed by atoms with van der Waals surface area (Å²) in [6.45, 7) is 6.22. The van der Waals surface area contributed by atoms with Gasteiger partial charge in [0.2, 0.25) is 0 Å². The van der Waals surface area contributed by atoms with Gasteiger partial charge < -0.3 is 10.2 Å². The fourth-order valence-corrected chi connectivity index (χ4v) is 5.57. The largest absolute Gasteiger partial charge is 0.369 e. The first-order valence-electron chi connectivity index (χ1n) is 11.6. The summed E-state index contributed by atoms with van der Waals surface area (Å²) in [6.07, 6.45) is 2.66. The van der Waals surface area contributed by atoms with E-state index in [-0.39, 0.29) is 5.82 Å². The highest BCUT2D eigenvalue weighted by Gasteiger charge is 2.19. The molecule has 0 spiro atoms. The van der Waals surface area contributed by atoms with Crippen molar-refractivity contribution in [3.8, 4) is 11.1 Å². The topological polar surface area (TPSA) is 44.3 Å². The number of fused-ring (bicyclic) bond motifs is 1. The molecule has 1 N–H and O–H groups in total. The monoisotopic (exact) mass is 495 g/mol. The molecule has 0 atom stereocenters. The molecule has 8 heteroatoms. The molecular weight excluding hydrogens is 469 g/mol. The van der Waals surface area contributed by atoms with Gasteiger partial charge in [-0.05, 0) is 30.7 Å².